The predicted octanol–water partition coefficient (Wildman–Crippen LogP) is 1.84. The van der Waals surface area contributed by atoms with Gasteiger partial charge < -0.3 is 20.1 Å². The monoisotopic (exact) mass is 448 g/mol. The van der Waals surface area contributed by atoms with E-state index in [1.807, 2.05) is 0 Å². The van der Waals surface area contributed by atoms with Gasteiger partial charge in [0.05, 0.1) is 12.5 Å². The summed E-state index contributed by atoms with van der Waals surface area (Å²) in [5, 5.41) is 13.1. The molecule has 1 fully saturated rings. The highest BCUT2D eigenvalue weighted by atomic mass is 35.5. The van der Waals surface area contributed by atoms with Gasteiger partial charge in [-0.05, 0) is 29.3 Å². The molecule has 1 saturated heterocycles. The van der Waals surface area contributed by atoms with Crippen molar-refractivity contribution in [3.8, 4) is 0 Å². The molecule has 0 aromatic heterocycles. The van der Waals surface area contributed by atoms with Crippen molar-refractivity contribution in [3.05, 3.63) is 70.5 Å². The van der Waals surface area contributed by atoms with E-state index in [4.69, 9.17) is 16.3 Å². The molecular weight excluding hydrogens is 427 g/mol. The van der Waals surface area contributed by atoms with Gasteiger partial charge in [0.15, 0.2) is 6.61 Å². The number of rotatable bonds is 7. The smallest absolute Gasteiger partial charge is 0.329 e. The van der Waals surface area contributed by atoms with Crippen molar-refractivity contribution in [2.24, 2.45) is 0 Å². The summed E-state index contributed by atoms with van der Waals surface area (Å²) in [6.07, 6.45) is -1.16. The summed E-state index contributed by atoms with van der Waals surface area (Å²) in [6, 6.07) is 11.8. The van der Waals surface area contributed by atoms with Crippen molar-refractivity contribution < 1.29 is 28.6 Å². The molecule has 0 bridgehead atoms. The number of nitrogens with zero attached hydrogens (tertiary/aromatic N) is 1. The maximum Gasteiger partial charge on any atom is 0.329 e. The van der Waals surface area contributed by atoms with E-state index in [0.717, 1.165) is 5.56 Å². The van der Waals surface area contributed by atoms with Gasteiger partial charge in [-0.15, -0.1) is 0 Å². The molecular formula is C22H22ClFN2O5. The molecule has 2 amide bonds. The number of amides is 2. The molecule has 0 radical (unpaired) electrons. The molecule has 0 spiro atoms. The molecule has 3 rings (SSSR count). The Labute approximate surface area is 183 Å². The Hall–Kier alpha value is -2.97. The molecule has 2 atom stereocenters. The minimum atomic E-state index is -1.03. The number of ether oxygens (including phenoxy) is 1. The first-order chi connectivity index (χ1) is 14.8. The van der Waals surface area contributed by atoms with Crippen LogP contribution in [0.2, 0.25) is 5.02 Å². The van der Waals surface area contributed by atoms with Gasteiger partial charge in [-0.3, -0.25) is 9.59 Å². The van der Waals surface area contributed by atoms with E-state index in [0.29, 0.717) is 5.02 Å². The summed E-state index contributed by atoms with van der Waals surface area (Å²) < 4.78 is 18.9. The molecule has 31 heavy (non-hydrogen) atoms. The number of aliphatic hydroxyl groups excluding tert-OH is 1. The molecule has 1 aliphatic heterocycles. The highest BCUT2D eigenvalue weighted by Crippen LogP contribution is 2.21. The first-order valence-corrected chi connectivity index (χ1v) is 10.1. The lowest BCUT2D eigenvalue weighted by atomic mass is 10.1. The normalized spacial score (nSPS) is 18.0. The molecule has 164 valence electrons. The van der Waals surface area contributed by atoms with E-state index in [2.05, 4.69) is 5.32 Å². The SMILES string of the molecule is O=C(COC(=O)C1CC(O)CN1C(=O)Cc1ccccc1F)NCc1cccc(Cl)c1. The van der Waals surface area contributed by atoms with Crippen LogP contribution in [0.5, 0.6) is 0 Å². The highest BCUT2D eigenvalue weighted by Gasteiger charge is 2.40. The zero-order chi connectivity index (χ0) is 22.4. The van der Waals surface area contributed by atoms with Crippen LogP contribution >= 0.6 is 11.6 Å². The third-order valence-electron chi connectivity index (χ3n) is 4.90. The third kappa shape index (κ3) is 6.26. The first-order valence-electron chi connectivity index (χ1n) is 9.72. The molecule has 0 aliphatic carbocycles. The molecule has 1 aliphatic rings. The maximum absolute atomic E-state index is 13.8. The topological polar surface area (TPSA) is 95.9 Å². The third-order valence-corrected chi connectivity index (χ3v) is 5.13. The second-order valence-corrected chi connectivity index (χ2v) is 7.67. The van der Waals surface area contributed by atoms with E-state index < -0.39 is 42.4 Å². The average Bonchev–Trinajstić information content (AvgIpc) is 3.14. The van der Waals surface area contributed by atoms with E-state index in [-0.39, 0.29) is 31.5 Å². The summed E-state index contributed by atoms with van der Waals surface area (Å²) in [5.41, 5.74) is 0.984. The summed E-state index contributed by atoms with van der Waals surface area (Å²) >= 11 is 5.89. The van der Waals surface area contributed by atoms with Gasteiger partial charge in [0, 0.05) is 24.5 Å². The molecule has 7 nitrogen and oxygen atoms in total. The van der Waals surface area contributed by atoms with E-state index in [1.54, 1.807) is 30.3 Å². The van der Waals surface area contributed by atoms with Crippen LogP contribution in [0.25, 0.3) is 0 Å². The van der Waals surface area contributed by atoms with Crippen molar-refractivity contribution >= 4 is 29.4 Å². The van der Waals surface area contributed by atoms with Crippen molar-refractivity contribution in [2.75, 3.05) is 13.2 Å². The summed E-state index contributed by atoms with van der Waals surface area (Å²) in [7, 11) is 0. The Bertz CT molecular complexity index is 970. The molecule has 0 saturated carbocycles. The zero-order valence-corrected chi connectivity index (χ0v) is 17.3. The molecule has 2 N–H and O–H groups in total. The van der Waals surface area contributed by atoms with Crippen molar-refractivity contribution in [3.63, 3.8) is 0 Å². The lowest BCUT2D eigenvalue weighted by Crippen LogP contribution is -2.43. The molecule has 1 heterocycles. The lowest BCUT2D eigenvalue weighted by molar-refractivity contribution is -0.156. The first kappa shape index (κ1) is 22.7. The van der Waals surface area contributed by atoms with Crippen molar-refractivity contribution in [1.82, 2.24) is 10.2 Å². The van der Waals surface area contributed by atoms with Gasteiger partial charge in [-0.2, -0.15) is 0 Å². The number of benzene rings is 2. The number of nitrogens with one attached hydrogen (secondary N) is 1. The number of hydrogen-bond donors (Lipinski definition) is 2. The van der Waals surface area contributed by atoms with Crippen LogP contribution in [-0.4, -0.2) is 53.1 Å². The van der Waals surface area contributed by atoms with Gasteiger partial charge in [0.25, 0.3) is 5.91 Å². The standard InChI is InChI=1S/C22H22ClFN2O5/c23-16-6-3-4-14(8-16)11-25-20(28)13-31-22(30)19-10-17(27)12-26(19)21(29)9-15-5-1-2-7-18(15)24/h1-8,17,19,27H,9-13H2,(H,25,28). The minimum Gasteiger partial charge on any atom is -0.454 e. The van der Waals surface area contributed by atoms with Crippen molar-refractivity contribution in [2.45, 2.75) is 31.5 Å². The number of β-amino-alcohol motifs (C(OH)–C–C–N with tert-alkyl or cyclic N) is 1. The maximum atomic E-state index is 13.8. The van der Waals surface area contributed by atoms with Crippen LogP contribution in [0.4, 0.5) is 4.39 Å². The Morgan fingerprint density at radius 2 is 1.97 bits per heavy atom. The van der Waals surface area contributed by atoms with Crippen LogP contribution in [0.3, 0.4) is 0 Å². The van der Waals surface area contributed by atoms with Crippen LogP contribution < -0.4 is 5.32 Å². The van der Waals surface area contributed by atoms with Crippen LogP contribution in [-0.2, 0) is 32.1 Å². The predicted molar refractivity (Wildman–Crippen MR) is 110 cm³/mol. The van der Waals surface area contributed by atoms with Crippen molar-refractivity contribution in [1.29, 1.82) is 0 Å². The molecule has 2 aromatic carbocycles. The number of carbonyl (C=O) groups is 3. The average molecular weight is 449 g/mol. The zero-order valence-electron chi connectivity index (χ0n) is 16.6. The van der Waals surface area contributed by atoms with Gasteiger partial charge in [-0.25, -0.2) is 9.18 Å². The highest BCUT2D eigenvalue weighted by molar-refractivity contribution is 6.30. The minimum absolute atomic E-state index is 0.00796. The van der Waals surface area contributed by atoms with E-state index >= 15 is 0 Å². The Kier molecular flexibility index (Phi) is 7.59. The Morgan fingerprint density at radius 3 is 2.71 bits per heavy atom. The Balaban J connectivity index is 1.52. The van der Waals surface area contributed by atoms with Crippen LogP contribution in [0.15, 0.2) is 48.5 Å². The fourth-order valence-corrected chi connectivity index (χ4v) is 3.56. The fourth-order valence-electron chi connectivity index (χ4n) is 3.35. The van der Waals surface area contributed by atoms with Gasteiger partial charge in [0.1, 0.15) is 11.9 Å². The Morgan fingerprint density at radius 1 is 1.19 bits per heavy atom. The summed E-state index contributed by atoms with van der Waals surface area (Å²) in [6.45, 7) is -0.373. The number of carbonyl (C=O) groups excluding carboxylic acids is 3. The van der Waals surface area contributed by atoms with Crippen LogP contribution in [0, 0.1) is 5.82 Å². The van der Waals surface area contributed by atoms with Gasteiger partial charge in [0.2, 0.25) is 5.91 Å². The fraction of sp³-hybridized carbons (Fsp3) is 0.318. The number of aliphatic hydroxyl groups is 1. The number of esters is 1. The van der Waals surface area contributed by atoms with E-state index in [1.165, 1.54) is 23.1 Å². The van der Waals surface area contributed by atoms with Gasteiger partial charge in [-0.1, -0.05) is 41.9 Å². The molecule has 9 heteroatoms. The second-order valence-electron chi connectivity index (χ2n) is 7.23. The van der Waals surface area contributed by atoms with E-state index in [9.17, 15) is 23.9 Å². The number of halogens is 2. The molecule has 2 aromatic rings. The second kappa shape index (κ2) is 10.4. The van der Waals surface area contributed by atoms with Crippen LogP contribution in [0.1, 0.15) is 17.5 Å². The quantitative estimate of drug-likeness (QED) is 0.630. The summed E-state index contributed by atoms with van der Waals surface area (Å²) in [4.78, 5) is 38.2. The lowest BCUT2D eigenvalue weighted by Gasteiger charge is -2.23. The van der Waals surface area contributed by atoms with Gasteiger partial charge >= 0.3 is 5.97 Å². The number of hydrogen-bond acceptors (Lipinski definition) is 5. The molecule has 2 unspecified atom stereocenters. The summed E-state index contributed by atoms with van der Waals surface area (Å²) in [5.74, 6) is -2.34. The largest absolute Gasteiger partial charge is 0.454 e. The number of likely N-dealkylation sites (tertiary alicyclic amines) is 1.